The van der Waals surface area contributed by atoms with Gasteiger partial charge in [-0.25, -0.2) is 9.67 Å². The number of benzene rings is 7. The Bertz CT molecular complexity index is 2460. The Hall–Kier alpha value is -6.32. The summed E-state index contributed by atoms with van der Waals surface area (Å²) in [4.78, 5) is 5.24. The Morgan fingerprint density at radius 3 is 1.29 bits per heavy atom. The first kappa shape index (κ1) is 32.9. The van der Waals surface area contributed by atoms with Gasteiger partial charge in [-0.05, 0) is 133 Å². The predicted molar refractivity (Wildman–Crippen MR) is 218 cm³/mol. The van der Waals surface area contributed by atoms with Crippen molar-refractivity contribution in [1.29, 1.82) is 0 Å². The SMILES string of the molecule is Cc1cc(C)cc(-c2nc(-c3cccc(-c4cccc(-c5cc(-c6ccccc6)cc(-c6ccccc6)c5)c4)c3)n(-c3c(C)cc(C)cc3C)n2)c1. The molecule has 1 heterocycles. The van der Waals surface area contributed by atoms with Gasteiger partial charge in [0.1, 0.15) is 0 Å². The van der Waals surface area contributed by atoms with Gasteiger partial charge in [0, 0.05) is 11.1 Å². The summed E-state index contributed by atoms with van der Waals surface area (Å²) in [5.41, 5.74) is 18.5. The van der Waals surface area contributed by atoms with Crippen LogP contribution < -0.4 is 0 Å². The zero-order valence-corrected chi connectivity index (χ0v) is 30.4. The Morgan fingerprint density at radius 2 is 0.750 bits per heavy atom. The van der Waals surface area contributed by atoms with E-state index in [1.807, 2.05) is 4.68 Å². The molecule has 0 bridgehead atoms. The van der Waals surface area contributed by atoms with Crippen LogP contribution >= 0.6 is 0 Å². The molecule has 0 aliphatic heterocycles. The minimum Gasteiger partial charge on any atom is -0.212 e. The Morgan fingerprint density at radius 1 is 0.346 bits per heavy atom. The molecule has 1 aromatic heterocycles. The highest BCUT2D eigenvalue weighted by Gasteiger charge is 2.19. The van der Waals surface area contributed by atoms with Crippen LogP contribution in [0.2, 0.25) is 0 Å². The molecule has 0 saturated heterocycles. The van der Waals surface area contributed by atoms with Crippen LogP contribution in [0, 0.1) is 34.6 Å². The molecule has 0 radical (unpaired) electrons. The molecule has 8 aromatic rings. The third-order valence-corrected chi connectivity index (χ3v) is 9.73. The summed E-state index contributed by atoms with van der Waals surface area (Å²) in [6, 6.07) is 56.7. The van der Waals surface area contributed by atoms with Gasteiger partial charge in [0.15, 0.2) is 11.6 Å². The van der Waals surface area contributed by atoms with Gasteiger partial charge in [-0.1, -0.05) is 132 Å². The average molecular weight is 672 g/mol. The van der Waals surface area contributed by atoms with Crippen LogP contribution in [-0.2, 0) is 0 Å². The summed E-state index contributed by atoms with van der Waals surface area (Å²) in [7, 11) is 0. The molecular formula is C49H41N3. The molecule has 0 spiro atoms. The highest BCUT2D eigenvalue weighted by atomic mass is 15.4. The fourth-order valence-electron chi connectivity index (χ4n) is 7.49. The maximum absolute atomic E-state index is 5.24. The number of aryl methyl sites for hydroxylation is 5. The van der Waals surface area contributed by atoms with E-state index in [2.05, 4.69) is 192 Å². The first-order valence-corrected chi connectivity index (χ1v) is 17.9. The quantitative estimate of drug-likeness (QED) is 0.169. The monoisotopic (exact) mass is 671 g/mol. The topological polar surface area (TPSA) is 30.7 Å². The van der Waals surface area contributed by atoms with E-state index in [0.717, 1.165) is 39.6 Å². The van der Waals surface area contributed by atoms with Gasteiger partial charge < -0.3 is 0 Å². The van der Waals surface area contributed by atoms with Crippen molar-refractivity contribution in [3.63, 3.8) is 0 Å². The molecule has 252 valence electrons. The molecular weight excluding hydrogens is 631 g/mol. The van der Waals surface area contributed by atoms with Crippen LogP contribution in [0.3, 0.4) is 0 Å². The number of aromatic nitrogens is 3. The molecule has 0 aliphatic rings. The van der Waals surface area contributed by atoms with Gasteiger partial charge in [0.2, 0.25) is 0 Å². The van der Waals surface area contributed by atoms with Crippen LogP contribution in [0.25, 0.3) is 73.0 Å². The molecule has 0 atom stereocenters. The lowest BCUT2D eigenvalue weighted by Crippen LogP contribution is -2.05. The van der Waals surface area contributed by atoms with Gasteiger partial charge in [-0.15, -0.1) is 5.10 Å². The Kier molecular flexibility index (Phi) is 8.70. The van der Waals surface area contributed by atoms with Crippen LogP contribution in [0.1, 0.15) is 27.8 Å². The molecule has 0 fully saturated rings. The van der Waals surface area contributed by atoms with E-state index >= 15 is 0 Å². The van der Waals surface area contributed by atoms with E-state index in [9.17, 15) is 0 Å². The fraction of sp³-hybridized carbons (Fsp3) is 0.102. The van der Waals surface area contributed by atoms with Crippen molar-refractivity contribution in [3.05, 3.63) is 186 Å². The summed E-state index contributed by atoms with van der Waals surface area (Å²) < 4.78 is 2.05. The van der Waals surface area contributed by atoms with Gasteiger partial charge in [-0.2, -0.15) is 0 Å². The van der Waals surface area contributed by atoms with Crippen molar-refractivity contribution >= 4 is 0 Å². The van der Waals surface area contributed by atoms with Crippen molar-refractivity contribution in [2.45, 2.75) is 34.6 Å². The summed E-state index contributed by atoms with van der Waals surface area (Å²) >= 11 is 0. The van der Waals surface area contributed by atoms with Gasteiger partial charge in [0.05, 0.1) is 5.69 Å². The standard InChI is InChI=1S/C49H41N3/c1-32-22-33(2)26-46(25-32)48-50-49(52(51-48)47-35(4)23-34(3)24-36(47)5)42-21-13-19-40(28-42)39-18-12-20-41(27-39)45-30-43(37-14-8-6-9-15-37)29-44(31-45)38-16-10-7-11-17-38/h6-31H,1-5H3. The minimum atomic E-state index is 0.723. The summed E-state index contributed by atoms with van der Waals surface area (Å²) in [6.07, 6.45) is 0. The molecule has 0 N–H and O–H groups in total. The molecule has 3 heteroatoms. The molecule has 0 amide bonds. The van der Waals surface area contributed by atoms with E-state index in [-0.39, 0.29) is 0 Å². The highest BCUT2D eigenvalue weighted by Crippen LogP contribution is 2.36. The third-order valence-electron chi connectivity index (χ3n) is 9.73. The zero-order chi connectivity index (χ0) is 35.8. The highest BCUT2D eigenvalue weighted by molar-refractivity contribution is 5.83. The van der Waals surface area contributed by atoms with Crippen LogP contribution in [-0.4, -0.2) is 14.8 Å². The average Bonchev–Trinajstić information content (AvgIpc) is 3.60. The lowest BCUT2D eigenvalue weighted by molar-refractivity contribution is 0.873. The smallest absolute Gasteiger partial charge is 0.182 e. The van der Waals surface area contributed by atoms with Crippen molar-refractivity contribution < 1.29 is 0 Å². The fourth-order valence-corrected chi connectivity index (χ4v) is 7.49. The molecule has 0 saturated carbocycles. The number of hydrogen-bond donors (Lipinski definition) is 0. The second kappa shape index (κ2) is 13.8. The second-order valence-corrected chi connectivity index (χ2v) is 14.0. The second-order valence-electron chi connectivity index (χ2n) is 14.0. The van der Waals surface area contributed by atoms with E-state index in [0.29, 0.717) is 0 Å². The first-order valence-electron chi connectivity index (χ1n) is 17.9. The van der Waals surface area contributed by atoms with Crippen molar-refractivity contribution in [3.8, 4) is 73.0 Å². The molecule has 0 aliphatic carbocycles. The normalized spacial score (nSPS) is 11.2. The minimum absolute atomic E-state index is 0.723. The zero-order valence-electron chi connectivity index (χ0n) is 30.4. The molecule has 8 rings (SSSR count). The molecule has 52 heavy (non-hydrogen) atoms. The van der Waals surface area contributed by atoms with Gasteiger partial charge in [0.25, 0.3) is 0 Å². The number of nitrogens with zero attached hydrogens (tertiary/aromatic N) is 3. The Balaban J connectivity index is 1.24. The van der Waals surface area contributed by atoms with E-state index < -0.39 is 0 Å². The van der Waals surface area contributed by atoms with Gasteiger partial charge >= 0.3 is 0 Å². The largest absolute Gasteiger partial charge is 0.212 e. The summed E-state index contributed by atoms with van der Waals surface area (Å²) in [5, 5.41) is 5.19. The van der Waals surface area contributed by atoms with Crippen molar-refractivity contribution in [1.82, 2.24) is 14.8 Å². The number of rotatable bonds is 7. The Labute approximate surface area is 306 Å². The molecule has 3 nitrogen and oxygen atoms in total. The molecule has 7 aromatic carbocycles. The van der Waals surface area contributed by atoms with E-state index in [1.165, 1.54) is 61.2 Å². The van der Waals surface area contributed by atoms with Crippen molar-refractivity contribution in [2.24, 2.45) is 0 Å². The predicted octanol–water partition coefficient (Wildman–Crippen LogP) is 12.8. The summed E-state index contributed by atoms with van der Waals surface area (Å²) in [6.45, 7) is 10.7. The lowest BCUT2D eigenvalue weighted by atomic mass is 9.92. The van der Waals surface area contributed by atoms with E-state index in [1.54, 1.807) is 0 Å². The molecule has 0 unspecified atom stereocenters. The third kappa shape index (κ3) is 6.61. The lowest BCUT2D eigenvalue weighted by Gasteiger charge is -2.14. The maximum Gasteiger partial charge on any atom is 0.182 e. The van der Waals surface area contributed by atoms with E-state index in [4.69, 9.17) is 10.1 Å². The van der Waals surface area contributed by atoms with Gasteiger partial charge in [-0.3, -0.25) is 0 Å². The van der Waals surface area contributed by atoms with Crippen LogP contribution in [0.15, 0.2) is 158 Å². The number of hydrogen-bond acceptors (Lipinski definition) is 2. The van der Waals surface area contributed by atoms with Crippen LogP contribution in [0.5, 0.6) is 0 Å². The van der Waals surface area contributed by atoms with Crippen molar-refractivity contribution in [2.75, 3.05) is 0 Å². The summed E-state index contributed by atoms with van der Waals surface area (Å²) in [5.74, 6) is 1.55. The maximum atomic E-state index is 5.24. The van der Waals surface area contributed by atoms with Crippen LogP contribution in [0.4, 0.5) is 0 Å². The first-order chi connectivity index (χ1) is 25.3.